The molecule has 0 aliphatic rings. The van der Waals surface area contributed by atoms with Crippen molar-refractivity contribution >= 4 is 22.9 Å². The van der Waals surface area contributed by atoms with Gasteiger partial charge in [0.25, 0.3) is 0 Å². The zero-order valence-electron chi connectivity index (χ0n) is 14.3. The molecule has 3 rings (SSSR count). The highest BCUT2D eigenvalue weighted by molar-refractivity contribution is 7.08. The van der Waals surface area contributed by atoms with Crippen LogP contribution in [0.25, 0.3) is 11.5 Å². The number of nitrogens with zero attached hydrogens (tertiary/aromatic N) is 2. The van der Waals surface area contributed by atoms with Gasteiger partial charge in [0, 0.05) is 42.6 Å². The van der Waals surface area contributed by atoms with E-state index in [0.717, 1.165) is 5.56 Å². The molecular formula is C18H19N3O4S. The van der Waals surface area contributed by atoms with Gasteiger partial charge in [0.05, 0.1) is 6.61 Å². The number of methoxy groups -OCH3 is 1. The van der Waals surface area contributed by atoms with E-state index in [-0.39, 0.29) is 12.3 Å². The van der Waals surface area contributed by atoms with Crippen LogP contribution in [0.15, 0.2) is 45.5 Å². The molecule has 7 nitrogen and oxygen atoms in total. The van der Waals surface area contributed by atoms with Crippen molar-refractivity contribution in [3.05, 3.63) is 47.0 Å². The minimum Gasteiger partial charge on any atom is -0.491 e. The zero-order valence-corrected chi connectivity index (χ0v) is 15.1. The van der Waals surface area contributed by atoms with Gasteiger partial charge >= 0.3 is 0 Å². The van der Waals surface area contributed by atoms with Crippen molar-refractivity contribution in [2.24, 2.45) is 0 Å². The summed E-state index contributed by atoms with van der Waals surface area (Å²) >= 11 is 1.56. The molecule has 1 aromatic carbocycles. The van der Waals surface area contributed by atoms with Gasteiger partial charge in [-0.1, -0.05) is 6.07 Å². The molecule has 26 heavy (non-hydrogen) atoms. The number of nitrogens with one attached hydrogen (secondary N) is 1. The number of benzene rings is 1. The molecule has 0 fully saturated rings. The largest absolute Gasteiger partial charge is 0.491 e. The third kappa shape index (κ3) is 5.14. The van der Waals surface area contributed by atoms with Crippen LogP contribution < -0.4 is 10.1 Å². The fourth-order valence-corrected chi connectivity index (χ4v) is 2.84. The van der Waals surface area contributed by atoms with E-state index in [4.69, 9.17) is 13.9 Å². The first-order valence-corrected chi connectivity index (χ1v) is 9.05. The summed E-state index contributed by atoms with van der Waals surface area (Å²) < 4.78 is 16.0. The Hall–Kier alpha value is -2.71. The molecule has 1 amide bonds. The number of rotatable bonds is 9. The average molecular weight is 373 g/mol. The number of ether oxygens (including phenoxy) is 2. The molecule has 0 aliphatic heterocycles. The third-order valence-corrected chi connectivity index (χ3v) is 4.16. The van der Waals surface area contributed by atoms with Crippen LogP contribution in [0.2, 0.25) is 0 Å². The molecule has 0 unspecified atom stereocenters. The first-order chi connectivity index (χ1) is 12.7. The number of carbonyl (C=O) groups is 1. The second kappa shape index (κ2) is 9.12. The molecule has 0 saturated heterocycles. The third-order valence-electron chi connectivity index (χ3n) is 3.47. The summed E-state index contributed by atoms with van der Waals surface area (Å²) in [5.41, 5.74) is 1.57. The Labute approximate surface area is 155 Å². The fourth-order valence-electron chi connectivity index (χ4n) is 2.21. The van der Waals surface area contributed by atoms with Gasteiger partial charge in [-0.15, -0.1) is 10.2 Å². The minimum absolute atomic E-state index is 0.130. The smallest absolute Gasteiger partial charge is 0.248 e. The van der Waals surface area contributed by atoms with Crippen LogP contribution in [-0.2, 0) is 16.0 Å². The van der Waals surface area contributed by atoms with E-state index in [1.54, 1.807) is 24.5 Å². The van der Waals surface area contributed by atoms with Crippen molar-refractivity contribution in [3.63, 3.8) is 0 Å². The number of hydrogen-bond acceptors (Lipinski definition) is 7. The molecule has 0 atom stereocenters. The Morgan fingerprint density at radius 1 is 1.27 bits per heavy atom. The maximum Gasteiger partial charge on any atom is 0.248 e. The normalized spacial score (nSPS) is 10.7. The monoisotopic (exact) mass is 373 g/mol. The first kappa shape index (κ1) is 18.1. The predicted octanol–water partition coefficient (Wildman–Crippen LogP) is 3.39. The van der Waals surface area contributed by atoms with Crippen molar-refractivity contribution in [1.82, 2.24) is 10.2 Å². The number of thiophene rings is 1. The lowest BCUT2D eigenvalue weighted by molar-refractivity contribution is -0.116. The van der Waals surface area contributed by atoms with Crippen molar-refractivity contribution in [2.45, 2.75) is 12.8 Å². The van der Waals surface area contributed by atoms with Gasteiger partial charge in [-0.05, 0) is 23.6 Å². The van der Waals surface area contributed by atoms with Gasteiger partial charge in [-0.2, -0.15) is 11.3 Å². The quantitative estimate of drug-likeness (QED) is 0.579. The average Bonchev–Trinajstić information content (AvgIpc) is 3.32. The van der Waals surface area contributed by atoms with Crippen LogP contribution >= 0.6 is 11.3 Å². The molecule has 3 aromatic rings. The molecular weight excluding hydrogens is 354 g/mol. The second-order valence-corrected chi connectivity index (χ2v) is 6.21. The van der Waals surface area contributed by atoms with Crippen LogP contribution in [0.4, 0.5) is 5.69 Å². The molecule has 0 spiro atoms. The highest BCUT2D eigenvalue weighted by Crippen LogP contribution is 2.21. The predicted molar refractivity (Wildman–Crippen MR) is 98.4 cm³/mol. The van der Waals surface area contributed by atoms with Crippen LogP contribution in [0, 0.1) is 0 Å². The Bertz CT molecular complexity index is 833. The second-order valence-electron chi connectivity index (χ2n) is 5.43. The van der Waals surface area contributed by atoms with Crippen molar-refractivity contribution in [2.75, 3.05) is 25.6 Å². The number of aromatic nitrogens is 2. The van der Waals surface area contributed by atoms with E-state index in [1.165, 1.54) is 0 Å². The summed E-state index contributed by atoms with van der Waals surface area (Å²) in [5, 5.41) is 14.7. The Balaban J connectivity index is 1.49. The van der Waals surface area contributed by atoms with Gasteiger partial charge in [-0.3, -0.25) is 4.79 Å². The summed E-state index contributed by atoms with van der Waals surface area (Å²) in [6.07, 6.45) is 0.632. The number of hydrogen-bond donors (Lipinski definition) is 1. The Morgan fingerprint density at radius 3 is 3.00 bits per heavy atom. The maximum absolute atomic E-state index is 12.1. The first-order valence-electron chi connectivity index (χ1n) is 8.11. The number of aryl methyl sites for hydroxylation is 1. The number of anilines is 1. The lowest BCUT2D eigenvalue weighted by atomic mass is 10.2. The van der Waals surface area contributed by atoms with E-state index in [9.17, 15) is 4.79 Å². The zero-order chi connectivity index (χ0) is 18.2. The van der Waals surface area contributed by atoms with Crippen LogP contribution in [-0.4, -0.2) is 36.4 Å². The molecule has 1 N–H and O–H groups in total. The van der Waals surface area contributed by atoms with Gasteiger partial charge in [0.2, 0.25) is 17.7 Å². The molecule has 0 aliphatic carbocycles. The standard InChI is InChI=1S/C18H19N3O4S/c1-23-8-9-24-15-4-2-3-14(11-15)19-16(22)5-6-17-20-21-18(25-17)13-7-10-26-12-13/h2-4,7,10-12H,5-6,8-9H2,1H3,(H,19,22). The topological polar surface area (TPSA) is 86.5 Å². The number of carbonyl (C=O) groups excluding carboxylic acids is 1. The molecule has 2 heterocycles. The molecule has 0 saturated carbocycles. The lowest BCUT2D eigenvalue weighted by Crippen LogP contribution is -2.12. The molecule has 136 valence electrons. The van der Waals surface area contributed by atoms with Gasteiger partial charge in [0.15, 0.2) is 0 Å². The van der Waals surface area contributed by atoms with E-state index in [0.29, 0.717) is 42.9 Å². The Morgan fingerprint density at radius 2 is 2.19 bits per heavy atom. The van der Waals surface area contributed by atoms with Crippen LogP contribution in [0.1, 0.15) is 12.3 Å². The fraction of sp³-hybridized carbons (Fsp3) is 0.278. The summed E-state index contributed by atoms with van der Waals surface area (Å²) in [4.78, 5) is 12.1. The molecule has 0 radical (unpaired) electrons. The highest BCUT2D eigenvalue weighted by atomic mass is 32.1. The van der Waals surface area contributed by atoms with E-state index in [1.807, 2.05) is 35.0 Å². The lowest BCUT2D eigenvalue weighted by Gasteiger charge is -2.08. The van der Waals surface area contributed by atoms with Crippen molar-refractivity contribution < 1.29 is 18.7 Å². The van der Waals surface area contributed by atoms with E-state index in [2.05, 4.69) is 15.5 Å². The summed E-state index contributed by atoms with van der Waals surface area (Å²) in [7, 11) is 1.62. The molecule has 2 aromatic heterocycles. The van der Waals surface area contributed by atoms with E-state index < -0.39 is 0 Å². The summed E-state index contributed by atoms with van der Waals surface area (Å²) in [6.45, 7) is 0.964. The molecule has 8 heteroatoms. The highest BCUT2D eigenvalue weighted by Gasteiger charge is 2.11. The minimum atomic E-state index is -0.130. The van der Waals surface area contributed by atoms with Gasteiger partial charge in [-0.25, -0.2) is 0 Å². The molecule has 0 bridgehead atoms. The van der Waals surface area contributed by atoms with Crippen molar-refractivity contribution in [3.8, 4) is 17.2 Å². The van der Waals surface area contributed by atoms with Crippen LogP contribution in [0.5, 0.6) is 5.75 Å². The van der Waals surface area contributed by atoms with Gasteiger partial charge in [0.1, 0.15) is 12.4 Å². The Kier molecular flexibility index (Phi) is 6.34. The van der Waals surface area contributed by atoms with E-state index >= 15 is 0 Å². The maximum atomic E-state index is 12.1. The van der Waals surface area contributed by atoms with Crippen molar-refractivity contribution in [1.29, 1.82) is 0 Å². The SMILES string of the molecule is COCCOc1cccc(NC(=O)CCc2nnc(-c3ccsc3)o2)c1. The summed E-state index contributed by atoms with van der Waals surface area (Å²) in [5.74, 6) is 1.46. The number of amides is 1. The van der Waals surface area contributed by atoms with Crippen LogP contribution in [0.3, 0.4) is 0 Å². The van der Waals surface area contributed by atoms with Gasteiger partial charge < -0.3 is 19.2 Å². The summed E-state index contributed by atoms with van der Waals surface area (Å²) in [6, 6.07) is 9.15.